The maximum atomic E-state index is 9.09. The van der Waals surface area contributed by atoms with Gasteiger partial charge < -0.3 is 5.32 Å². The minimum atomic E-state index is 0.599. The van der Waals surface area contributed by atoms with Crippen molar-refractivity contribution < 1.29 is 0 Å². The van der Waals surface area contributed by atoms with Crippen molar-refractivity contribution in [2.45, 2.75) is 40.2 Å². The van der Waals surface area contributed by atoms with Crippen LogP contribution in [0.3, 0.4) is 0 Å². The third-order valence-electron chi connectivity index (χ3n) is 5.78. The second kappa shape index (κ2) is 10.1. The SMILES string of the molecule is Cc1cc(C#N)ccc1-c1ccnc(NCc2cc(-c3ccc(CCC(C)C)cc3)n[nH]2)c1. The van der Waals surface area contributed by atoms with E-state index in [4.69, 9.17) is 5.26 Å². The highest BCUT2D eigenvalue weighted by molar-refractivity contribution is 5.70. The molecule has 0 bridgehead atoms. The zero-order valence-electron chi connectivity index (χ0n) is 19.4. The van der Waals surface area contributed by atoms with Crippen molar-refractivity contribution in [1.29, 1.82) is 5.26 Å². The Hall–Kier alpha value is -3.91. The van der Waals surface area contributed by atoms with Gasteiger partial charge in [0, 0.05) is 11.8 Å². The molecule has 4 aromatic rings. The topological polar surface area (TPSA) is 77.4 Å². The van der Waals surface area contributed by atoms with Gasteiger partial charge in [0.05, 0.1) is 29.6 Å². The van der Waals surface area contributed by atoms with Gasteiger partial charge >= 0.3 is 0 Å². The molecule has 0 saturated heterocycles. The molecule has 33 heavy (non-hydrogen) atoms. The monoisotopic (exact) mass is 435 g/mol. The van der Waals surface area contributed by atoms with E-state index in [0.29, 0.717) is 12.1 Å². The lowest BCUT2D eigenvalue weighted by molar-refractivity contribution is 0.587. The quantitative estimate of drug-likeness (QED) is 0.330. The number of H-pyrrole nitrogens is 1. The highest BCUT2D eigenvalue weighted by atomic mass is 15.1. The number of hydrogen-bond acceptors (Lipinski definition) is 4. The van der Waals surface area contributed by atoms with Crippen molar-refractivity contribution in [3.63, 3.8) is 0 Å². The molecule has 0 aliphatic rings. The molecule has 0 radical (unpaired) electrons. The van der Waals surface area contributed by atoms with E-state index in [1.54, 1.807) is 6.20 Å². The van der Waals surface area contributed by atoms with Gasteiger partial charge in [0.1, 0.15) is 5.82 Å². The van der Waals surface area contributed by atoms with Crippen LogP contribution in [0.1, 0.15) is 42.7 Å². The number of nitrogens with one attached hydrogen (secondary N) is 2. The summed E-state index contributed by atoms with van der Waals surface area (Å²) in [6.07, 6.45) is 4.12. The first kappa shape index (κ1) is 22.3. The lowest BCUT2D eigenvalue weighted by Crippen LogP contribution is -2.01. The number of hydrogen-bond donors (Lipinski definition) is 2. The van der Waals surface area contributed by atoms with Gasteiger partial charge in [-0.1, -0.05) is 44.2 Å². The van der Waals surface area contributed by atoms with Crippen LogP contribution in [0.5, 0.6) is 0 Å². The van der Waals surface area contributed by atoms with E-state index < -0.39 is 0 Å². The molecule has 4 rings (SSSR count). The number of aryl methyl sites for hydroxylation is 2. The largest absolute Gasteiger partial charge is 0.364 e. The zero-order valence-corrected chi connectivity index (χ0v) is 19.4. The molecule has 0 amide bonds. The van der Waals surface area contributed by atoms with E-state index in [1.165, 1.54) is 12.0 Å². The molecule has 0 fully saturated rings. The average Bonchev–Trinajstić information content (AvgIpc) is 3.31. The van der Waals surface area contributed by atoms with E-state index in [-0.39, 0.29) is 0 Å². The van der Waals surface area contributed by atoms with Crippen molar-refractivity contribution in [3.05, 3.63) is 89.2 Å². The molecule has 5 heteroatoms. The van der Waals surface area contributed by atoms with E-state index >= 15 is 0 Å². The molecule has 0 unspecified atom stereocenters. The van der Waals surface area contributed by atoms with Crippen LogP contribution < -0.4 is 5.32 Å². The Morgan fingerprint density at radius 3 is 2.55 bits per heavy atom. The first-order valence-electron chi connectivity index (χ1n) is 11.4. The summed E-state index contributed by atoms with van der Waals surface area (Å²) >= 11 is 0. The van der Waals surface area contributed by atoms with E-state index in [1.807, 2.05) is 37.3 Å². The van der Waals surface area contributed by atoms with Crippen LogP contribution in [0.15, 0.2) is 66.9 Å². The predicted octanol–water partition coefficient (Wildman–Crippen LogP) is 6.52. The van der Waals surface area contributed by atoms with Crippen LogP contribution in [-0.4, -0.2) is 15.2 Å². The highest BCUT2D eigenvalue weighted by Gasteiger charge is 2.07. The van der Waals surface area contributed by atoms with Crippen LogP contribution in [0.2, 0.25) is 0 Å². The normalized spacial score (nSPS) is 10.9. The van der Waals surface area contributed by atoms with Crippen LogP contribution in [0, 0.1) is 24.2 Å². The van der Waals surface area contributed by atoms with Gasteiger partial charge in [0.2, 0.25) is 0 Å². The average molecular weight is 436 g/mol. The van der Waals surface area contributed by atoms with Gasteiger partial charge in [-0.25, -0.2) is 4.98 Å². The molecule has 166 valence electrons. The Labute approximate surface area is 195 Å². The summed E-state index contributed by atoms with van der Waals surface area (Å²) in [6, 6.07) is 22.7. The lowest BCUT2D eigenvalue weighted by atomic mass is 9.99. The Bertz CT molecular complexity index is 1260. The number of aromatic amines is 1. The number of aromatic nitrogens is 3. The smallest absolute Gasteiger partial charge is 0.126 e. The molecule has 5 nitrogen and oxygen atoms in total. The number of anilines is 1. The Balaban J connectivity index is 1.41. The third kappa shape index (κ3) is 5.67. The van der Waals surface area contributed by atoms with Crippen molar-refractivity contribution in [2.24, 2.45) is 5.92 Å². The summed E-state index contributed by atoms with van der Waals surface area (Å²) in [4.78, 5) is 4.45. The molecule has 2 heterocycles. The second-order valence-electron chi connectivity index (χ2n) is 8.83. The maximum absolute atomic E-state index is 9.09. The fourth-order valence-corrected chi connectivity index (χ4v) is 3.84. The van der Waals surface area contributed by atoms with Gasteiger partial charge in [0.15, 0.2) is 0 Å². The van der Waals surface area contributed by atoms with Crippen LogP contribution in [0.25, 0.3) is 22.4 Å². The van der Waals surface area contributed by atoms with Crippen molar-refractivity contribution in [2.75, 3.05) is 5.32 Å². The molecular formula is C28H29N5. The summed E-state index contributed by atoms with van der Waals surface area (Å²) < 4.78 is 0. The number of rotatable bonds is 8. The molecule has 2 aromatic heterocycles. The number of nitriles is 1. The number of benzene rings is 2. The minimum absolute atomic E-state index is 0.599. The van der Waals surface area contributed by atoms with Crippen molar-refractivity contribution in [1.82, 2.24) is 15.2 Å². The number of pyridine rings is 1. The third-order valence-corrected chi connectivity index (χ3v) is 5.78. The van der Waals surface area contributed by atoms with Gasteiger partial charge in [-0.2, -0.15) is 10.4 Å². The molecule has 0 spiro atoms. The van der Waals surface area contributed by atoms with Crippen molar-refractivity contribution >= 4 is 5.82 Å². The Morgan fingerprint density at radius 2 is 1.82 bits per heavy atom. The molecular weight excluding hydrogens is 406 g/mol. The molecule has 0 saturated carbocycles. The summed E-state index contributed by atoms with van der Waals surface area (Å²) in [7, 11) is 0. The van der Waals surface area contributed by atoms with Gasteiger partial charge in [0.25, 0.3) is 0 Å². The summed E-state index contributed by atoms with van der Waals surface area (Å²) in [5.41, 5.74) is 8.32. The lowest BCUT2D eigenvalue weighted by Gasteiger charge is -2.09. The van der Waals surface area contributed by atoms with Crippen molar-refractivity contribution in [3.8, 4) is 28.5 Å². The van der Waals surface area contributed by atoms with E-state index in [9.17, 15) is 0 Å². The Morgan fingerprint density at radius 1 is 1.00 bits per heavy atom. The van der Waals surface area contributed by atoms with Gasteiger partial charge in [-0.05, 0) is 78.3 Å². The molecule has 2 N–H and O–H groups in total. The second-order valence-corrected chi connectivity index (χ2v) is 8.83. The van der Waals surface area contributed by atoms with E-state index in [2.05, 4.69) is 70.7 Å². The minimum Gasteiger partial charge on any atom is -0.364 e. The van der Waals surface area contributed by atoms with E-state index in [0.717, 1.165) is 51.8 Å². The van der Waals surface area contributed by atoms with Crippen LogP contribution in [0.4, 0.5) is 5.82 Å². The molecule has 0 atom stereocenters. The summed E-state index contributed by atoms with van der Waals surface area (Å²) in [5.74, 6) is 1.51. The predicted molar refractivity (Wildman–Crippen MR) is 134 cm³/mol. The maximum Gasteiger partial charge on any atom is 0.126 e. The fourth-order valence-electron chi connectivity index (χ4n) is 3.84. The first-order valence-corrected chi connectivity index (χ1v) is 11.4. The number of nitrogens with zero attached hydrogens (tertiary/aromatic N) is 3. The Kier molecular flexibility index (Phi) is 6.85. The molecule has 2 aromatic carbocycles. The summed E-state index contributed by atoms with van der Waals surface area (Å²) in [6.45, 7) is 7.13. The standard InChI is InChI=1S/C28H29N5/c1-19(2)4-5-21-6-9-23(10-7-21)27-16-25(32-33-27)18-31-28-15-24(12-13-30-28)26-11-8-22(17-29)14-20(26)3/h6-16,19H,4-5,18H2,1-3H3,(H,30,31)(H,32,33). The van der Waals surface area contributed by atoms with Crippen LogP contribution in [-0.2, 0) is 13.0 Å². The first-order chi connectivity index (χ1) is 16.0. The van der Waals surface area contributed by atoms with Gasteiger partial charge in [-0.3, -0.25) is 5.10 Å². The van der Waals surface area contributed by atoms with Gasteiger partial charge in [-0.15, -0.1) is 0 Å². The summed E-state index contributed by atoms with van der Waals surface area (Å²) in [5, 5.41) is 20.1. The molecule has 0 aliphatic carbocycles. The highest BCUT2D eigenvalue weighted by Crippen LogP contribution is 2.26. The fraction of sp³-hybridized carbons (Fsp3) is 0.250. The zero-order chi connectivity index (χ0) is 23.2. The molecule has 0 aliphatic heterocycles. The van der Waals surface area contributed by atoms with Crippen LogP contribution >= 0.6 is 0 Å².